The van der Waals surface area contributed by atoms with Gasteiger partial charge >= 0.3 is 6.09 Å². The zero-order valence-electron chi connectivity index (χ0n) is 21.5. The molecule has 0 bridgehead atoms. The minimum absolute atomic E-state index is 0.0449. The number of hydrogen-bond donors (Lipinski definition) is 0. The number of benzene rings is 1. The van der Waals surface area contributed by atoms with Crippen molar-refractivity contribution in [3.8, 4) is 0 Å². The maximum atomic E-state index is 12.6. The molecule has 1 unspecified atom stereocenters. The van der Waals surface area contributed by atoms with Crippen molar-refractivity contribution in [3.63, 3.8) is 0 Å². The van der Waals surface area contributed by atoms with Gasteiger partial charge in [-0.05, 0) is 76.2 Å². The molecule has 2 fully saturated rings. The van der Waals surface area contributed by atoms with Crippen molar-refractivity contribution < 1.29 is 14.3 Å². The highest BCUT2D eigenvalue weighted by Gasteiger charge is 2.46. The quantitative estimate of drug-likeness (QED) is 0.615. The van der Waals surface area contributed by atoms with Crippen molar-refractivity contribution in [2.45, 2.75) is 70.3 Å². The molecule has 35 heavy (non-hydrogen) atoms. The molecule has 2 amide bonds. The van der Waals surface area contributed by atoms with Crippen molar-refractivity contribution in [3.05, 3.63) is 53.1 Å². The van der Waals surface area contributed by atoms with E-state index in [0.717, 1.165) is 70.5 Å². The zero-order chi connectivity index (χ0) is 24.6. The molecular weight excluding hydrogens is 438 g/mol. The van der Waals surface area contributed by atoms with Gasteiger partial charge in [0, 0.05) is 49.6 Å². The summed E-state index contributed by atoms with van der Waals surface area (Å²) >= 11 is 0. The monoisotopic (exact) mass is 477 g/mol. The van der Waals surface area contributed by atoms with Crippen molar-refractivity contribution in [2.75, 3.05) is 44.2 Å². The third-order valence-electron chi connectivity index (χ3n) is 8.70. The number of anilines is 1. The van der Waals surface area contributed by atoms with Gasteiger partial charge in [-0.3, -0.25) is 4.79 Å². The summed E-state index contributed by atoms with van der Waals surface area (Å²) in [4.78, 5) is 31.1. The lowest BCUT2D eigenvalue weighted by atomic mass is 9.73. The molecule has 1 aliphatic carbocycles. The Morgan fingerprint density at radius 1 is 1.11 bits per heavy atom. The minimum atomic E-state index is -0.176. The summed E-state index contributed by atoms with van der Waals surface area (Å²) in [7, 11) is 0. The van der Waals surface area contributed by atoms with E-state index >= 15 is 0 Å². The SMILES string of the molecule is CCOC(=O)N1CCC(N2CCC3(CC2)CN(C(C)=O)c2ccc(C4C=CC(C)=CC4)cc23)CC1. The second-order valence-electron chi connectivity index (χ2n) is 10.8. The van der Waals surface area contributed by atoms with Crippen LogP contribution in [0.15, 0.2) is 42.0 Å². The second kappa shape index (κ2) is 9.81. The first-order valence-corrected chi connectivity index (χ1v) is 13.3. The van der Waals surface area contributed by atoms with Crippen LogP contribution in [0.2, 0.25) is 0 Å². The molecule has 1 atom stereocenters. The number of carbonyl (C=O) groups excluding carboxylic acids is 2. The summed E-state index contributed by atoms with van der Waals surface area (Å²) in [6.45, 7) is 10.6. The summed E-state index contributed by atoms with van der Waals surface area (Å²) in [5.74, 6) is 0.554. The summed E-state index contributed by atoms with van der Waals surface area (Å²) in [5.41, 5.74) is 5.23. The average Bonchev–Trinajstić information content (AvgIpc) is 3.19. The van der Waals surface area contributed by atoms with Crippen LogP contribution >= 0.6 is 0 Å². The largest absolute Gasteiger partial charge is 0.450 e. The van der Waals surface area contributed by atoms with Crippen LogP contribution in [0.3, 0.4) is 0 Å². The van der Waals surface area contributed by atoms with E-state index in [0.29, 0.717) is 18.6 Å². The molecule has 6 heteroatoms. The number of nitrogens with zero attached hydrogens (tertiary/aromatic N) is 3. The molecule has 4 aliphatic rings. The van der Waals surface area contributed by atoms with Gasteiger partial charge in [0.2, 0.25) is 5.91 Å². The Morgan fingerprint density at radius 3 is 2.49 bits per heavy atom. The highest BCUT2D eigenvalue weighted by molar-refractivity contribution is 5.95. The third kappa shape index (κ3) is 4.65. The average molecular weight is 478 g/mol. The predicted octanol–water partition coefficient (Wildman–Crippen LogP) is 5.00. The standard InChI is InChI=1S/C29H39N3O3/c1-4-35-28(34)31-15-11-25(12-16-31)30-17-13-29(14-18-30)20-32(22(3)33)27-10-9-24(19-26(27)29)23-7-5-21(2)6-8-23/h5-7,9-10,19,23,25H,4,8,11-18,20H2,1-3H3. The van der Waals surface area contributed by atoms with E-state index < -0.39 is 0 Å². The molecule has 3 aliphatic heterocycles. The van der Waals surface area contributed by atoms with Crippen LogP contribution in [0.5, 0.6) is 0 Å². The number of ether oxygens (including phenoxy) is 1. The third-order valence-corrected chi connectivity index (χ3v) is 8.70. The van der Waals surface area contributed by atoms with Gasteiger partial charge < -0.3 is 19.4 Å². The molecule has 0 radical (unpaired) electrons. The van der Waals surface area contributed by atoms with Crippen LogP contribution < -0.4 is 4.90 Å². The Bertz CT molecular complexity index is 1030. The molecule has 6 nitrogen and oxygen atoms in total. The van der Waals surface area contributed by atoms with Crippen molar-refractivity contribution in [1.82, 2.24) is 9.80 Å². The molecule has 0 N–H and O–H groups in total. The van der Waals surface area contributed by atoms with E-state index in [2.05, 4.69) is 48.3 Å². The number of piperidine rings is 2. The van der Waals surface area contributed by atoms with Gasteiger partial charge in [-0.1, -0.05) is 35.9 Å². The van der Waals surface area contributed by atoms with Crippen LogP contribution in [0.4, 0.5) is 10.5 Å². The Kier molecular flexibility index (Phi) is 6.75. The van der Waals surface area contributed by atoms with Gasteiger partial charge in [-0.2, -0.15) is 0 Å². The van der Waals surface area contributed by atoms with Gasteiger partial charge in [-0.25, -0.2) is 4.79 Å². The topological polar surface area (TPSA) is 53.1 Å². The number of allylic oxidation sites excluding steroid dienone is 4. The number of likely N-dealkylation sites (tertiary alicyclic amines) is 2. The fourth-order valence-electron chi connectivity index (χ4n) is 6.55. The van der Waals surface area contributed by atoms with Crippen molar-refractivity contribution >= 4 is 17.7 Å². The summed E-state index contributed by atoms with van der Waals surface area (Å²) in [6, 6.07) is 7.35. The number of fused-ring (bicyclic) bond motifs is 2. The van der Waals surface area contributed by atoms with Crippen molar-refractivity contribution in [2.24, 2.45) is 0 Å². The predicted molar refractivity (Wildman–Crippen MR) is 139 cm³/mol. The first-order chi connectivity index (χ1) is 16.9. The normalized spacial score (nSPS) is 24.4. The Hall–Kier alpha value is -2.60. The lowest BCUT2D eigenvalue weighted by Gasteiger charge is -2.45. The molecule has 2 saturated heterocycles. The van der Waals surface area contributed by atoms with Gasteiger partial charge in [-0.15, -0.1) is 0 Å². The molecule has 5 rings (SSSR count). The van der Waals surface area contributed by atoms with E-state index in [1.165, 1.54) is 16.7 Å². The molecular formula is C29H39N3O3. The fourth-order valence-corrected chi connectivity index (χ4v) is 6.55. The first kappa shape index (κ1) is 24.1. The minimum Gasteiger partial charge on any atom is -0.450 e. The zero-order valence-corrected chi connectivity index (χ0v) is 21.5. The first-order valence-electron chi connectivity index (χ1n) is 13.3. The molecule has 0 aromatic heterocycles. The number of carbonyl (C=O) groups is 2. The van der Waals surface area contributed by atoms with Gasteiger partial charge in [0.05, 0.1) is 6.61 Å². The molecule has 188 valence electrons. The van der Waals surface area contributed by atoms with Gasteiger partial charge in [0.15, 0.2) is 0 Å². The maximum absolute atomic E-state index is 12.6. The number of amides is 2. The second-order valence-corrected chi connectivity index (χ2v) is 10.8. The Morgan fingerprint density at radius 2 is 1.86 bits per heavy atom. The van der Waals surface area contributed by atoms with E-state index in [4.69, 9.17) is 4.74 Å². The van der Waals surface area contributed by atoms with Crippen LogP contribution in [-0.4, -0.2) is 67.2 Å². The van der Waals surface area contributed by atoms with E-state index in [9.17, 15) is 9.59 Å². The molecule has 1 spiro atoms. The lowest BCUT2D eigenvalue weighted by Crippen LogP contribution is -2.52. The highest BCUT2D eigenvalue weighted by atomic mass is 16.6. The van der Waals surface area contributed by atoms with Crippen LogP contribution in [0, 0.1) is 0 Å². The van der Waals surface area contributed by atoms with E-state index in [1.807, 2.05) is 16.7 Å². The Balaban J connectivity index is 1.29. The summed E-state index contributed by atoms with van der Waals surface area (Å²) in [6.07, 6.45) is 11.9. The Labute approximate surface area is 209 Å². The van der Waals surface area contributed by atoms with Gasteiger partial charge in [0.1, 0.15) is 0 Å². The van der Waals surface area contributed by atoms with Crippen LogP contribution in [0.25, 0.3) is 0 Å². The molecule has 1 aromatic carbocycles. The maximum Gasteiger partial charge on any atom is 0.409 e. The molecule has 3 heterocycles. The number of hydrogen-bond acceptors (Lipinski definition) is 4. The van der Waals surface area contributed by atoms with Crippen LogP contribution in [0.1, 0.15) is 69.9 Å². The van der Waals surface area contributed by atoms with Crippen LogP contribution in [-0.2, 0) is 14.9 Å². The number of rotatable bonds is 3. The van der Waals surface area contributed by atoms with Crippen molar-refractivity contribution in [1.29, 1.82) is 0 Å². The smallest absolute Gasteiger partial charge is 0.409 e. The highest BCUT2D eigenvalue weighted by Crippen LogP contribution is 2.48. The summed E-state index contributed by atoms with van der Waals surface area (Å²) in [5, 5.41) is 0. The lowest BCUT2D eigenvalue weighted by molar-refractivity contribution is -0.116. The van der Waals surface area contributed by atoms with Gasteiger partial charge in [0.25, 0.3) is 0 Å². The fraction of sp³-hybridized carbons (Fsp3) is 0.586. The molecule has 1 aromatic rings. The van der Waals surface area contributed by atoms with E-state index in [-0.39, 0.29) is 17.4 Å². The molecule has 0 saturated carbocycles. The van der Waals surface area contributed by atoms with E-state index in [1.54, 1.807) is 6.92 Å². The summed E-state index contributed by atoms with van der Waals surface area (Å²) < 4.78 is 5.18.